The Labute approximate surface area is 137 Å². The number of hydrogen-bond acceptors (Lipinski definition) is 6. The average molecular weight is 334 g/mol. The van der Waals surface area contributed by atoms with Crippen LogP contribution in [-0.4, -0.2) is 43.6 Å². The van der Waals surface area contributed by atoms with Crippen molar-refractivity contribution in [3.8, 4) is 17.2 Å². The van der Waals surface area contributed by atoms with Crippen LogP contribution in [0.25, 0.3) is 0 Å². The summed E-state index contributed by atoms with van der Waals surface area (Å²) >= 11 is 0. The van der Waals surface area contributed by atoms with Crippen LogP contribution in [-0.2, 0) is 11.2 Å². The van der Waals surface area contributed by atoms with Gasteiger partial charge in [0.1, 0.15) is 0 Å². The van der Waals surface area contributed by atoms with Crippen molar-refractivity contribution in [2.75, 3.05) is 21.3 Å². The number of H-pyrrole nitrogens is 2. The zero-order chi connectivity index (χ0) is 17.5. The number of aromatic nitrogens is 2. The summed E-state index contributed by atoms with van der Waals surface area (Å²) < 4.78 is 15.8. The van der Waals surface area contributed by atoms with Crippen LogP contribution in [0, 0.1) is 0 Å². The van der Waals surface area contributed by atoms with Gasteiger partial charge in [0.05, 0.1) is 34.0 Å². The SMILES string of the molecule is COc1ccc(/C=N/NC(=O)Cc2cc(=O)[nH][nH]2)c(OC)c1OC. The number of carbonyl (C=O) groups is 1. The summed E-state index contributed by atoms with van der Waals surface area (Å²) in [6.45, 7) is 0. The number of hydrogen-bond donors (Lipinski definition) is 3. The maximum absolute atomic E-state index is 11.8. The van der Waals surface area contributed by atoms with Crippen molar-refractivity contribution in [1.82, 2.24) is 15.6 Å². The summed E-state index contributed by atoms with van der Waals surface area (Å²) in [5.41, 5.74) is 3.15. The van der Waals surface area contributed by atoms with Crippen LogP contribution in [0.1, 0.15) is 11.3 Å². The maximum atomic E-state index is 11.8. The fraction of sp³-hybridized carbons (Fsp3) is 0.267. The van der Waals surface area contributed by atoms with Gasteiger partial charge in [-0.05, 0) is 12.1 Å². The van der Waals surface area contributed by atoms with Gasteiger partial charge >= 0.3 is 0 Å². The number of aromatic amines is 2. The van der Waals surface area contributed by atoms with E-state index in [1.807, 2.05) is 0 Å². The number of nitrogens with zero attached hydrogens (tertiary/aromatic N) is 1. The lowest BCUT2D eigenvalue weighted by atomic mass is 10.2. The Balaban J connectivity index is 2.08. The highest BCUT2D eigenvalue weighted by Crippen LogP contribution is 2.38. The molecule has 2 rings (SSSR count). The highest BCUT2D eigenvalue weighted by atomic mass is 16.5. The second-order valence-corrected chi connectivity index (χ2v) is 4.68. The van der Waals surface area contributed by atoms with E-state index in [1.165, 1.54) is 33.6 Å². The van der Waals surface area contributed by atoms with E-state index in [-0.39, 0.29) is 17.9 Å². The number of hydrazone groups is 1. The number of ether oxygens (including phenoxy) is 3. The van der Waals surface area contributed by atoms with Gasteiger partial charge in [-0.3, -0.25) is 14.7 Å². The highest BCUT2D eigenvalue weighted by molar-refractivity contribution is 5.87. The first-order valence-corrected chi connectivity index (χ1v) is 6.96. The van der Waals surface area contributed by atoms with Crippen molar-refractivity contribution >= 4 is 12.1 Å². The Morgan fingerprint density at radius 2 is 1.92 bits per heavy atom. The first-order valence-electron chi connectivity index (χ1n) is 6.96. The fourth-order valence-corrected chi connectivity index (χ4v) is 2.08. The number of amides is 1. The van der Waals surface area contributed by atoms with Crippen molar-refractivity contribution in [3.63, 3.8) is 0 Å². The number of carbonyl (C=O) groups excluding carboxylic acids is 1. The van der Waals surface area contributed by atoms with E-state index in [2.05, 4.69) is 20.7 Å². The molecule has 0 saturated heterocycles. The minimum atomic E-state index is -0.374. The molecule has 9 heteroatoms. The van der Waals surface area contributed by atoms with Crippen LogP contribution >= 0.6 is 0 Å². The van der Waals surface area contributed by atoms with Gasteiger partial charge in [-0.2, -0.15) is 5.10 Å². The molecule has 128 valence electrons. The molecule has 1 aromatic carbocycles. The van der Waals surface area contributed by atoms with E-state index in [9.17, 15) is 9.59 Å². The molecule has 0 aliphatic carbocycles. The molecule has 0 aliphatic rings. The molecule has 2 aromatic rings. The summed E-state index contributed by atoms with van der Waals surface area (Å²) in [7, 11) is 4.52. The molecule has 0 saturated carbocycles. The Morgan fingerprint density at radius 3 is 2.50 bits per heavy atom. The first kappa shape index (κ1) is 17.1. The van der Waals surface area contributed by atoms with Gasteiger partial charge in [-0.1, -0.05) is 0 Å². The lowest BCUT2D eigenvalue weighted by Crippen LogP contribution is -2.20. The molecule has 9 nitrogen and oxygen atoms in total. The number of rotatable bonds is 7. The second-order valence-electron chi connectivity index (χ2n) is 4.68. The lowest BCUT2D eigenvalue weighted by molar-refractivity contribution is -0.120. The van der Waals surface area contributed by atoms with Crippen LogP contribution in [0.15, 0.2) is 28.1 Å². The molecule has 1 heterocycles. The van der Waals surface area contributed by atoms with Crippen molar-refractivity contribution in [2.45, 2.75) is 6.42 Å². The molecule has 0 bridgehead atoms. The summed E-state index contributed by atoms with van der Waals surface area (Å²) in [6.07, 6.45) is 1.43. The molecule has 0 aliphatic heterocycles. The number of methoxy groups -OCH3 is 3. The van der Waals surface area contributed by atoms with E-state index < -0.39 is 0 Å². The van der Waals surface area contributed by atoms with Gasteiger partial charge in [-0.25, -0.2) is 5.43 Å². The molecule has 0 spiro atoms. The normalized spacial score (nSPS) is 10.6. The zero-order valence-corrected chi connectivity index (χ0v) is 13.5. The summed E-state index contributed by atoms with van der Waals surface area (Å²) in [4.78, 5) is 22.7. The van der Waals surface area contributed by atoms with Crippen LogP contribution in [0.5, 0.6) is 17.2 Å². The summed E-state index contributed by atoms with van der Waals surface area (Å²) in [6, 6.07) is 4.73. The van der Waals surface area contributed by atoms with Gasteiger partial charge in [-0.15, -0.1) is 0 Å². The van der Waals surface area contributed by atoms with E-state index in [0.29, 0.717) is 28.5 Å². The smallest absolute Gasteiger partial charge is 0.264 e. The van der Waals surface area contributed by atoms with Crippen LogP contribution in [0.4, 0.5) is 0 Å². The Morgan fingerprint density at radius 1 is 1.17 bits per heavy atom. The third-order valence-electron chi connectivity index (χ3n) is 3.13. The molecule has 3 N–H and O–H groups in total. The minimum absolute atomic E-state index is 0.000845. The van der Waals surface area contributed by atoms with Crippen molar-refractivity contribution in [3.05, 3.63) is 39.8 Å². The predicted octanol–water partition coefficient (Wildman–Crippen LogP) is 0.422. The van der Waals surface area contributed by atoms with E-state index in [0.717, 1.165) is 0 Å². The van der Waals surface area contributed by atoms with Gasteiger partial charge in [0.25, 0.3) is 5.56 Å². The van der Waals surface area contributed by atoms with Crippen LogP contribution in [0.2, 0.25) is 0 Å². The number of nitrogens with one attached hydrogen (secondary N) is 3. The lowest BCUT2D eigenvalue weighted by Gasteiger charge is -2.13. The predicted molar refractivity (Wildman–Crippen MR) is 87.0 cm³/mol. The molecule has 0 unspecified atom stereocenters. The van der Waals surface area contributed by atoms with Crippen molar-refractivity contribution in [2.24, 2.45) is 5.10 Å². The van der Waals surface area contributed by atoms with Crippen molar-refractivity contribution in [1.29, 1.82) is 0 Å². The van der Waals surface area contributed by atoms with E-state index in [4.69, 9.17) is 14.2 Å². The molecule has 24 heavy (non-hydrogen) atoms. The quantitative estimate of drug-likeness (QED) is 0.501. The van der Waals surface area contributed by atoms with Gasteiger partial charge in [0, 0.05) is 17.3 Å². The maximum Gasteiger partial charge on any atom is 0.264 e. The Hall–Kier alpha value is -3.23. The average Bonchev–Trinajstić information content (AvgIpc) is 2.98. The summed E-state index contributed by atoms with van der Waals surface area (Å²) in [5, 5.41) is 8.82. The summed E-state index contributed by atoms with van der Waals surface area (Å²) in [5.74, 6) is 1.01. The fourth-order valence-electron chi connectivity index (χ4n) is 2.08. The first-order chi connectivity index (χ1) is 11.6. The van der Waals surface area contributed by atoms with E-state index in [1.54, 1.807) is 12.1 Å². The van der Waals surface area contributed by atoms with Crippen LogP contribution in [0.3, 0.4) is 0 Å². The molecule has 1 amide bonds. The molecule has 0 atom stereocenters. The monoisotopic (exact) mass is 334 g/mol. The topological polar surface area (TPSA) is 118 Å². The number of benzene rings is 1. The zero-order valence-electron chi connectivity index (χ0n) is 13.5. The highest BCUT2D eigenvalue weighted by Gasteiger charge is 2.14. The van der Waals surface area contributed by atoms with E-state index >= 15 is 0 Å². The van der Waals surface area contributed by atoms with Gasteiger partial charge in [0.15, 0.2) is 11.5 Å². The van der Waals surface area contributed by atoms with Gasteiger partial charge in [0.2, 0.25) is 11.7 Å². The second kappa shape index (κ2) is 7.86. The molecule has 0 radical (unpaired) electrons. The molecular formula is C15H18N4O5. The molecule has 0 fully saturated rings. The van der Waals surface area contributed by atoms with Gasteiger partial charge < -0.3 is 19.3 Å². The third kappa shape index (κ3) is 3.94. The minimum Gasteiger partial charge on any atom is -0.493 e. The standard InChI is InChI=1S/C15H18N4O5/c1-22-11-5-4-9(14(23-2)15(11)24-3)8-16-18-12(20)6-10-7-13(21)19-17-10/h4-5,7-8H,6H2,1-3H3,(H,18,20)(H2,17,19,21)/b16-8+. The third-order valence-corrected chi connectivity index (χ3v) is 3.13. The largest absolute Gasteiger partial charge is 0.493 e. The molecule has 1 aromatic heterocycles. The van der Waals surface area contributed by atoms with Crippen LogP contribution < -0.4 is 25.2 Å². The van der Waals surface area contributed by atoms with Crippen molar-refractivity contribution < 1.29 is 19.0 Å². The Bertz CT molecular complexity index is 793. The Kier molecular flexibility index (Phi) is 5.61. The molecular weight excluding hydrogens is 316 g/mol.